The Morgan fingerprint density at radius 2 is 1.60 bits per heavy atom. The summed E-state index contributed by atoms with van der Waals surface area (Å²) in [6, 6.07) is 11.7. The van der Waals surface area contributed by atoms with Crippen LogP contribution < -0.4 is 10.5 Å². The van der Waals surface area contributed by atoms with E-state index in [1.165, 1.54) is 24.3 Å². The molecule has 0 spiro atoms. The van der Waals surface area contributed by atoms with Crippen molar-refractivity contribution in [3.63, 3.8) is 0 Å². The number of aromatic carboxylic acids is 1. The van der Waals surface area contributed by atoms with Gasteiger partial charge in [0.2, 0.25) is 0 Å². The number of anilines is 1. The minimum atomic E-state index is -1.21. The summed E-state index contributed by atoms with van der Waals surface area (Å²) in [5.41, 5.74) is 8.01. The highest BCUT2D eigenvalue weighted by molar-refractivity contribution is 6.24. The number of rotatable bonds is 5. The molecule has 0 fully saturated rings. The fourth-order valence-electron chi connectivity index (χ4n) is 3.03. The van der Waals surface area contributed by atoms with E-state index >= 15 is 0 Å². The molecule has 2 aromatic carbocycles. The van der Waals surface area contributed by atoms with E-state index in [2.05, 4.69) is 0 Å². The second-order valence-electron chi connectivity index (χ2n) is 6.28. The monoisotopic (exact) mass is 426 g/mol. The Morgan fingerprint density at radius 1 is 0.967 bits per heavy atom. The molecule has 0 amide bonds. The molecule has 5 N–H and O–H groups in total. The van der Waals surface area contributed by atoms with Crippen molar-refractivity contribution < 1.29 is 24.5 Å². The quantitative estimate of drug-likeness (QED) is 0.537. The lowest BCUT2D eigenvalue weighted by Gasteiger charge is -2.17. The van der Waals surface area contributed by atoms with Crippen molar-refractivity contribution in [2.75, 3.05) is 12.8 Å². The Morgan fingerprint density at radius 3 is 2.17 bits per heavy atom. The SMILES string of the molecule is COc1ccc(/C(=C2/C=CC(=N)C(C(=O)O)=C2)c2ccc(N)c(C(=O)O)c2)cc1.Cl. The number of halogens is 1. The average molecular weight is 427 g/mol. The van der Waals surface area contributed by atoms with Gasteiger partial charge in [-0.05, 0) is 58.7 Å². The third-order valence-electron chi connectivity index (χ3n) is 4.49. The van der Waals surface area contributed by atoms with Crippen molar-refractivity contribution in [3.8, 4) is 5.75 Å². The van der Waals surface area contributed by atoms with Gasteiger partial charge in [0.25, 0.3) is 0 Å². The number of hydrogen-bond acceptors (Lipinski definition) is 5. The highest BCUT2D eigenvalue weighted by Gasteiger charge is 2.20. The van der Waals surface area contributed by atoms with Crippen LogP contribution in [0.1, 0.15) is 21.5 Å². The summed E-state index contributed by atoms with van der Waals surface area (Å²) < 4.78 is 5.19. The van der Waals surface area contributed by atoms with E-state index < -0.39 is 11.9 Å². The lowest BCUT2D eigenvalue weighted by Crippen LogP contribution is -2.12. The number of ether oxygens (including phenoxy) is 1. The molecule has 154 valence electrons. The van der Waals surface area contributed by atoms with E-state index in [1.807, 2.05) is 0 Å². The first-order chi connectivity index (χ1) is 13.8. The topological polar surface area (TPSA) is 134 Å². The largest absolute Gasteiger partial charge is 0.497 e. The predicted molar refractivity (Wildman–Crippen MR) is 117 cm³/mol. The van der Waals surface area contributed by atoms with Crippen molar-refractivity contribution in [2.24, 2.45) is 0 Å². The van der Waals surface area contributed by atoms with Gasteiger partial charge in [-0.3, -0.25) is 0 Å². The number of benzene rings is 2. The zero-order chi connectivity index (χ0) is 21.1. The van der Waals surface area contributed by atoms with Crippen LogP contribution in [-0.4, -0.2) is 35.0 Å². The van der Waals surface area contributed by atoms with Crippen LogP contribution in [0.3, 0.4) is 0 Å². The summed E-state index contributed by atoms with van der Waals surface area (Å²) in [6.07, 6.45) is 4.43. The maximum Gasteiger partial charge on any atom is 0.337 e. The summed E-state index contributed by atoms with van der Waals surface area (Å²) in [6.45, 7) is 0. The number of methoxy groups -OCH3 is 1. The van der Waals surface area contributed by atoms with E-state index in [-0.39, 0.29) is 34.9 Å². The molecule has 0 heterocycles. The molecule has 1 aliphatic rings. The number of carboxylic acids is 2. The summed E-state index contributed by atoms with van der Waals surface area (Å²) >= 11 is 0. The van der Waals surface area contributed by atoms with Crippen LogP contribution in [0.15, 0.2) is 71.8 Å². The molecule has 0 bridgehead atoms. The molecule has 1 aliphatic carbocycles. The highest BCUT2D eigenvalue weighted by Crippen LogP contribution is 2.33. The Hall–Kier alpha value is -3.84. The van der Waals surface area contributed by atoms with Crippen molar-refractivity contribution in [2.45, 2.75) is 0 Å². The minimum Gasteiger partial charge on any atom is -0.497 e. The maximum absolute atomic E-state index is 11.5. The van der Waals surface area contributed by atoms with E-state index in [4.69, 9.17) is 15.9 Å². The Balaban J connectivity index is 0.00000320. The number of carbonyl (C=O) groups is 2. The lowest BCUT2D eigenvalue weighted by molar-refractivity contribution is -0.132. The van der Waals surface area contributed by atoms with Gasteiger partial charge < -0.3 is 26.1 Å². The number of aliphatic carboxylic acids is 1. The molecule has 30 heavy (non-hydrogen) atoms. The van der Waals surface area contributed by atoms with Gasteiger partial charge in [-0.15, -0.1) is 12.4 Å². The van der Waals surface area contributed by atoms with Crippen molar-refractivity contribution in [1.29, 1.82) is 5.41 Å². The number of nitrogens with one attached hydrogen (secondary N) is 1. The summed E-state index contributed by atoms with van der Waals surface area (Å²) in [5.74, 6) is -1.73. The van der Waals surface area contributed by atoms with Gasteiger partial charge in [-0.2, -0.15) is 0 Å². The van der Waals surface area contributed by atoms with Crippen molar-refractivity contribution in [1.82, 2.24) is 0 Å². The van der Waals surface area contributed by atoms with Gasteiger partial charge in [0.05, 0.1) is 24.0 Å². The normalized spacial score (nSPS) is 14.4. The molecule has 0 radical (unpaired) electrons. The molecule has 0 unspecified atom stereocenters. The molecule has 3 rings (SSSR count). The Kier molecular flexibility index (Phi) is 6.81. The summed E-state index contributed by atoms with van der Waals surface area (Å²) in [4.78, 5) is 23.0. The van der Waals surface area contributed by atoms with E-state index in [0.29, 0.717) is 22.5 Å². The second-order valence-corrected chi connectivity index (χ2v) is 6.28. The lowest BCUT2D eigenvalue weighted by atomic mass is 9.88. The van der Waals surface area contributed by atoms with Gasteiger partial charge in [-0.1, -0.05) is 24.3 Å². The molecule has 0 aliphatic heterocycles. The first kappa shape index (κ1) is 22.4. The standard InChI is InChI=1S/C22H18N2O5.ClH/c1-29-15-6-2-12(3-7-15)20(13-4-8-18(23)16(10-13)21(25)26)14-5-9-19(24)17(11-14)22(27)28;/h2-11,23H,24H2,1H3,(H,25,26)(H,27,28);1H/b20-13+,23-18?;. The van der Waals surface area contributed by atoms with E-state index in [9.17, 15) is 19.8 Å². The highest BCUT2D eigenvalue weighted by atomic mass is 35.5. The zero-order valence-electron chi connectivity index (χ0n) is 15.9. The van der Waals surface area contributed by atoms with Crippen LogP contribution in [0.25, 0.3) is 5.57 Å². The van der Waals surface area contributed by atoms with Crippen LogP contribution in [0.2, 0.25) is 0 Å². The molecule has 2 aromatic rings. The van der Waals surface area contributed by atoms with Gasteiger partial charge in [0, 0.05) is 5.69 Å². The van der Waals surface area contributed by atoms with E-state index in [1.54, 1.807) is 43.5 Å². The van der Waals surface area contributed by atoms with Crippen LogP contribution >= 0.6 is 12.4 Å². The number of carboxylic acid groups (broad SMARTS) is 2. The predicted octanol–water partition coefficient (Wildman–Crippen LogP) is 3.80. The second kappa shape index (κ2) is 9.11. The smallest absolute Gasteiger partial charge is 0.337 e. The van der Waals surface area contributed by atoms with Gasteiger partial charge >= 0.3 is 11.9 Å². The van der Waals surface area contributed by atoms with Gasteiger partial charge in [-0.25, -0.2) is 9.59 Å². The van der Waals surface area contributed by atoms with Crippen molar-refractivity contribution in [3.05, 3.63) is 88.5 Å². The van der Waals surface area contributed by atoms with Crippen LogP contribution in [0, 0.1) is 5.41 Å². The number of nitrogen functional groups attached to an aromatic ring is 1. The Bertz CT molecular complexity index is 1110. The fraction of sp³-hybridized carbons (Fsp3) is 0.0455. The van der Waals surface area contributed by atoms with E-state index in [0.717, 1.165) is 5.56 Å². The molecule has 0 saturated carbocycles. The first-order valence-electron chi connectivity index (χ1n) is 8.55. The molecule has 0 saturated heterocycles. The average Bonchev–Trinajstić information content (AvgIpc) is 2.70. The number of nitrogens with two attached hydrogens (primary N) is 1. The third kappa shape index (κ3) is 4.42. The molecular formula is C22H19ClN2O5. The molecule has 8 heteroatoms. The van der Waals surface area contributed by atoms with Gasteiger partial charge in [0.15, 0.2) is 0 Å². The first-order valence-corrected chi connectivity index (χ1v) is 8.55. The molecule has 0 aromatic heterocycles. The molecule has 7 nitrogen and oxygen atoms in total. The maximum atomic E-state index is 11.5. The zero-order valence-corrected chi connectivity index (χ0v) is 16.7. The van der Waals surface area contributed by atoms with Gasteiger partial charge in [0.1, 0.15) is 5.75 Å². The molecule has 0 atom stereocenters. The summed E-state index contributed by atoms with van der Waals surface area (Å²) in [5, 5.41) is 26.6. The number of hydrogen-bond donors (Lipinski definition) is 4. The molecular weight excluding hydrogens is 408 g/mol. The Labute approximate surface area is 178 Å². The summed E-state index contributed by atoms with van der Waals surface area (Å²) in [7, 11) is 1.55. The van der Waals surface area contributed by atoms with Crippen LogP contribution in [-0.2, 0) is 4.79 Å². The number of allylic oxidation sites excluding steroid dienone is 4. The van der Waals surface area contributed by atoms with Crippen LogP contribution in [0.4, 0.5) is 5.69 Å². The van der Waals surface area contributed by atoms with Crippen LogP contribution in [0.5, 0.6) is 5.75 Å². The minimum absolute atomic E-state index is 0. The van der Waals surface area contributed by atoms with Crippen molar-refractivity contribution >= 4 is 41.3 Å². The third-order valence-corrected chi connectivity index (χ3v) is 4.49. The fourth-order valence-corrected chi connectivity index (χ4v) is 3.03.